The van der Waals surface area contributed by atoms with E-state index in [0.717, 1.165) is 24.0 Å². The lowest BCUT2D eigenvalue weighted by Gasteiger charge is -2.21. The number of benzene rings is 3. The number of nitrogens with zero attached hydrogens (tertiary/aromatic N) is 2. The average molecular weight is 620 g/mol. The van der Waals surface area contributed by atoms with Gasteiger partial charge < -0.3 is 20.7 Å². The molecule has 0 radical (unpaired) electrons. The minimum atomic E-state index is -0.688. The lowest BCUT2D eigenvalue weighted by atomic mass is 9.97. The molecular weight excluding hydrogens is 584 g/mol. The zero-order chi connectivity index (χ0) is 31.4. The summed E-state index contributed by atoms with van der Waals surface area (Å²) < 4.78 is 35.5. The molecule has 230 valence electrons. The maximum absolute atomic E-state index is 15.4. The first-order chi connectivity index (χ1) is 21.1. The number of likely N-dealkylation sites (N-methyl/N-ethyl adjacent to an activating group) is 1. The Hall–Kier alpha value is -4.38. The van der Waals surface area contributed by atoms with Crippen LogP contribution in [0.2, 0.25) is 0 Å². The van der Waals surface area contributed by atoms with Crippen molar-refractivity contribution in [3.05, 3.63) is 89.1 Å². The Morgan fingerprint density at radius 2 is 1.86 bits per heavy atom. The van der Waals surface area contributed by atoms with Gasteiger partial charge in [0.25, 0.3) is 0 Å². The zero-order valence-corrected chi connectivity index (χ0v) is 25.6. The van der Waals surface area contributed by atoms with Crippen LogP contribution >= 0.6 is 11.8 Å². The number of nitrogens with one attached hydrogen (secondary N) is 2. The second-order valence-corrected chi connectivity index (χ2v) is 12.4. The minimum Gasteiger partial charge on any atom is -0.449 e. The van der Waals surface area contributed by atoms with Crippen LogP contribution in [-0.2, 0) is 16.1 Å². The fourth-order valence-corrected chi connectivity index (χ4v) is 6.11. The third-order valence-corrected chi connectivity index (χ3v) is 8.98. The Bertz CT molecular complexity index is 1700. The van der Waals surface area contributed by atoms with Crippen molar-refractivity contribution in [3.63, 3.8) is 0 Å². The van der Waals surface area contributed by atoms with Gasteiger partial charge in [-0.3, -0.25) is 10.1 Å². The summed E-state index contributed by atoms with van der Waals surface area (Å²) in [6.45, 7) is 4.14. The number of hydrogen-bond acceptors (Lipinski definition) is 7. The van der Waals surface area contributed by atoms with Gasteiger partial charge in [0.2, 0.25) is 5.91 Å². The quantitative estimate of drug-likeness (QED) is 0.165. The third-order valence-electron chi connectivity index (χ3n) is 7.48. The van der Waals surface area contributed by atoms with E-state index in [-0.39, 0.29) is 48.4 Å². The number of nitrogens with two attached hydrogens (primary N) is 1. The van der Waals surface area contributed by atoms with Crippen molar-refractivity contribution < 1.29 is 23.1 Å². The molecule has 8 nitrogen and oxygen atoms in total. The van der Waals surface area contributed by atoms with Crippen molar-refractivity contribution in [3.8, 4) is 0 Å². The van der Waals surface area contributed by atoms with Crippen LogP contribution in [-0.4, -0.2) is 47.3 Å². The van der Waals surface area contributed by atoms with Gasteiger partial charge in [0, 0.05) is 47.2 Å². The highest BCUT2D eigenvalue weighted by Crippen LogP contribution is 2.42. The molecule has 0 spiro atoms. The third kappa shape index (κ3) is 7.57. The molecule has 1 heterocycles. The molecule has 5 rings (SSSR count). The summed E-state index contributed by atoms with van der Waals surface area (Å²) >= 11 is 1.44. The van der Waals surface area contributed by atoms with Gasteiger partial charge in [0.1, 0.15) is 17.5 Å². The number of halogens is 2. The monoisotopic (exact) mass is 619 g/mol. The van der Waals surface area contributed by atoms with E-state index in [0.29, 0.717) is 26.8 Å². The molecule has 1 aromatic heterocycles. The van der Waals surface area contributed by atoms with Gasteiger partial charge in [-0.05, 0) is 72.2 Å². The molecular formula is C33H35F2N5O3S. The molecule has 11 heteroatoms. The number of ether oxygens (including phenoxy) is 1. The fraction of sp³-hybridized carbons (Fsp3) is 0.303. The Kier molecular flexibility index (Phi) is 9.53. The highest BCUT2D eigenvalue weighted by Gasteiger charge is 2.27. The van der Waals surface area contributed by atoms with E-state index in [1.165, 1.54) is 35.0 Å². The number of anilines is 3. The Labute approximate surface area is 259 Å². The van der Waals surface area contributed by atoms with Gasteiger partial charge in [0.15, 0.2) is 0 Å². The van der Waals surface area contributed by atoms with Gasteiger partial charge in [-0.1, -0.05) is 31.2 Å². The topological polar surface area (TPSA) is 110 Å². The van der Waals surface area contributed by atoms with Crippen LogP contribution in [0.4, 0.5) is 30.8 Å². The Morgan fingerprint density at radius 1 is 1.11 bits per heavy atom. The number of rotatable bonds is 11. The van der Waals surface area contributed by atoms with E-state index in [1.54, 1.807) is 25.2 Å². The van der Waals surface area contributed by atoms with Crippen molar-refractivity contribution in [2.45, 2.75) is 49.3 Å². The molecule has 0 bridgehead atoms. The molecule has 3 aromatic carbocycles. The number of nitrogen functional groups attached to an aromatic ring is 1. The van der Waals surface area contributed by atoms with Gasteiger partial charge in [-0.2, -0.15) is 0 Å². The number of amides is 2. The first kappa shape index (κ1) is 31.1. The summed E-state index contributed by atoms with van der Waals surface area (Å²) in [6, 6.07) is 15.5. The lowest BCUT2D eigenvalue weighted by Crippen LogP contribution is -2.32. The summed E-state index contributed by atoms with van der Waals surface area (Å²) in [6.07, 6.45) is 2.80. The van der Waals surface area contributed by atoms with E-state index in [2.05, 4.69) is 15.6 Å². The summed E-state index contributed by atoms with van der Waals surface area (Å²) in [5.74, 6) is -1.22. The molecule has 1 saturated carbocycles. The highest BCUT2D eigenvalue weighted by atomic mass is 32.2. The maximum Gasteiger partial charge on any atom is 0.411 e. The van der Waals surface area contributed by atoms with Crippen molar-refractivity contribution in [2.24, 2.45) is 0 Å². The van der Waals surface area contributed by atoms with Gasteiger partial charge >= 0.3 is 6.09 Å². The maximum atomic E-state index is 15.4. The molecule has 1 aliphatic carbocycles. The minimum absolute atomic E-state index is 0.0129. The summed E-state index contributed by atoms with van der Waals surface area (Å²) in [5.41, 5.74) is 9.23. The van der Waals surface area contributed by atoms with Crippen molar-refractivity contribution in [1.29, 1.82) is 0 Å². The number of fused-ring (bicyclic) bond motifs is 1. The normalized spacial score (nSPS) is 13.4. The van der Waals surface area contributed by atoms with E-state index < -0.39 is 17.7 Å². The number of hydrogen-bond donors (Lipinski definition) is 3. The Balaban J connectivity index is 1.24. The van der Waals surface area contributed by atoms with Crippen LogP contribution in [0.15, 0.2) is 65.7 Å². The van der Waals surface area contributed by atoms with Crippen LogP contribution in [0.1, 0.15) is 42.4 Å². The molecule has 1 atom stereocenters. The Morgan fingerprint density at radius 3 is 2.61 bits per heavy atom. The summed E-state index contributed by atoms with van der Waals surface area (Å²) in [5, 5.41) is 6.71. The standard InChI is InChI=1S/C33H35F2N5O3S/c1-19-6-4-5-7-26(19)20(2)18-43-33(42)39-24-13-22(31(28(35)15-24)44-25-8-9-25)17-40(3)29(41)16-38-23-12-21-10-11-37-32(36)30(21)27(34)14-23/h4-7,10-15,20,25,38H,8-9,16-18H2,1-3H3,(H2,36,37)(H,39,42). The van der Waals surface area contributed by atoms with E-state index in [4.69, 9.17) is 10.5 Å². The van der Waals surface area contributed by atoms with Gasteiger partial charge in [-0.15, -0.1) is 11.8 Å². The zero-order valence-electron chi connectivity index (χ0n) is 24.8. The molecule has 1 unspecified atom stereocenters. The number of pyridine rings is 1. The van der Waals surface area contributed by atoms with E-state index >= 15 is 4.39 Å². The van der Waals surface area contributed by atoms with Crippen molar-refractivity contribution >= 4 is 51.7 Å². The predicted octanol–water partition coefficient (Wildman–Crippen LogP) is 7.08. The number of carbonyl (C=O) groups excluding carboxylic acids is 2. The van der Waals surface area contributed by atoms with Gasteiger partial charge in [-0.25, -0.2) is 18.6 Å². The lowest BCUT2D eigenvalue weighted by molar-refractivity contribution is -0.128. The summed E-state index contributed by atoms with van der Waals surface area (Å²) in [7, 11) is 1.61. The SMILES string of the molecule is Cc1ccccc1C(C)COC(=O)Nc1cc(F)c(SC2CC2)c(CN(C)C(=O)CNc2cc(F)c3c(N)nccc3c2)c1. The molecule has 0 saturated heterocycles. The van der Waals surface area contributed by atoms with E-state index in [9.17, 15) is 14.0 Å². The van der Waals surface area contributed by atoms with Crippen LogP contribution in [0, 0.1) is 18.6 Å². The first-order valence-corrected chi connectivity index (χ1v) is 15.3. The average Bonchev–Trinajstić information content (AvgIpc) is 3.81. The summed E-state index contributed by atoms with van der Waals surface area (Å²) in [4.78, 5) is 31.5. The van der Waals surface area contributed by atoms with Crippen LogP contribution in [0.3, 0.4) is 0 Å². The second-order valence-electron chi connectivity index (χ2n) is 11.1. The molecule has 4 N–H and O–H groups in total. The molecule has 0 aliphatic heterocycles. The molecule has 4 aromatic rings. The van der Waals surface area contributed by atoms with Crippen LogP contribution < -0.4 is 16.4 Å². The number of thioether (sulfide) groups is 1. The second kappa shape index (κ2) is 13.5. The molecule has 1 aliphatic rings. The van der Waals surface area contributed by atoms with E-state index in [1.807, 2.05) is 38.1 Å². The van der Waals surface area contributed by atoms with Crippen LogP contribution in [0.25, 0.3) is 10.8 Å². The van der Waals surface area contributed by atoms with Crippen molar-refractivity contribution in [1.82, 2.24) is 9.88 Å². The predicted molar refractivity (Wildman–Crippen MR) is 171 cm³/mol. The number of carbonyl (C=O) groups is 2. The fourth-order valence-electron chi connectivity index (χ4n) is 4.96. The molecule has 2 amide bonds. The molecule has 44 heavy (non-hydrogen) atoms. The smallest absolute Gasteiger partial charge is 0.411 e. The number of aryl methyl sites for hydroxylation is 1. The van der Waals surface area contributed by atoms with Crippen LogP contribution in [0.5, 0.6) is 0 Å². The van der Waals surface area contributed by atoms with Crippen molar-refractivity contribution in [2.75, 3.05) is 36.6 Å². The highest BCUT2D eigenvalue weighted by molar-refractivity contribution is 8.00. The van der Waals surface area contributed by atoms with Gasteiger partial charge in [0.05, 0.1) is 18.5 Å². The largest absolute Gasteiger partial charge is 0.449 e. The molecule has 1 fully saturated rings. The number of aromatic nitrogens is 1. The first-order valence-electron chi connectivity index (χ1n) is 14.4.